The maximum absolute atomic E-state index is 11.2. The highest BCUT2D eigenvalue weighted by Gasteiger charge is 2.39. The second kappa shape index (κ2) is 5.86. The van der Waals surface area contributed by atoms with Crippen molar-refractivity contribution in [1.82, 2.24) is 0 Å². The number of rotatable bonds is 8. The Morgan fingerprint density at radius 2 is 1.42 bits per heavy atom. The zero-order valence-corrected chi connectivity index (χ0v) is 12.8. The molecule has 0 rings (SSSR count). The first-order valence-electron chi connectivity index (χ1n) is 5.64. The molecule has 0 bridgehead atoms. The summed E-state index contributed by atoms with van der Waals surface area (Å²) < 4.78 is 59.6. The summed E-state index contributed by atoms with van der Waals surface area (Å²) in [6.07, 6.45) is 0.0656. The zero-order valence-electron chi connectivity index (χ0n) is 11.2. The van der Waals surface area contributed by atoms with Gasteiger partial charge in [0.2, 0.25) is 0 Å². The molecule has 7 nitrogen and oxygen atoms in total. The quantitative estimate of drug-likeness (QED) is 0.506. The van der Waals surface area contributed by atoms with E-state index in [4.69, 9.17) is 9.11 Å². The predicted octanol–water partition coefficient (Wildman–Crippen LogP) is 1.06. The monoisotopic (exact) mass is 316 g/mol. The number of hydrogen-bond donors (Lipinski definition) is 2. The van der Waals surface area contributed by atoms with Crippen molar-refractivity contribution in [3.63, 3.8) is 0 Å². The molecule has 0 radical (unpaired) electrons. The first kappa shape index (κ1) is 18.5. The molecule has 1 atom stereocenters. The molecule has 0 aromatic carbocycles. The smallest absolute Gasteiger partial charge is 0.270 e. The molecule has 0 saturated carbocycles. The molecule has 0 spiro atoms. The van der Waals surface area contributed by atoms with E-state index in [-0.39, 0.29) is 25.7 Å². The first-order chi connectivity index (χ1) is 8.27. The number of carbonyl (C=O) groups is 1. The normalized spacial score (nSPS) is 16.9. The Balaban J connectivity index is 4.85. The van der Waals surface area contributed by atoms with Gasteiger partial charge in [0.15, 0.2) is 0 Å². The van der Waals surface area contributed by atoms with Gasteiger partial charge in [0.05, 0.1) is 4.75 Å². The van der Waals surface area contributed by atoms with Gasteiger partial charge in [-0.05, 0) is 33.6 Å². The molecule has 0 amide bonds. The van der Waals surface area contributed by atoms with Crippen molar-refractivity contribution in [1.29, 1.82) is 0 Å². The minimum atomic E-state index is -4.42. The third-order valence-corrected chi connectivity index (χ3v) is 6.54. The van der Waals surface area contributed by atoms with Crippen molar-refractivity contribution in [2.75, 3.05) is 0 Å². The molecular formula is C10H20O7S2. The minimum Gasteiger partial charge on any atom is -0.303 e. The van der Waals surface area contributed by atoms with Crippen LogP contribution in [0.3, 0.4) is 0 Å². The second-order valence-electron chi connectivity index (χ2n) is 5.38. The van der Waals surface area contributed by atoms with Crippen LogP contribution in [0.15, 0.2) is 0 Å². The molecule has 0 aliphatic heterocycles. The maximum Gasteiger partial charge on any atom is 0.270 e. The van der Waals surface area contributed by atoms with Crippen LogP contribution in [0.2, 0.25) is 0 Å². The lowest BCUT2D eigenvalue weighted by molar-refractivity contribution is -0.108. The van der Waals surface area contributed by atoms with E-state index in [9.17, 15) is 21.6 Å². The van der Waals surface area contributed by atoms with Gasteiger partial charge < -0.3 is 4.79 Å². The van der Waals surface area contributed by atoms with Crippen molar-refractivity contribution in [2.45, 2.75) is 55.9 Å². The Kier molecular flexibility index (Phi) is 5.70. The minimum absolute atomic E-state index is 0.00972. The summed E-state index contributed by atoms with van der Waals surface area (Å²) in [5, 5.41) is 0. The van der Waals surface area contributed by atoms with Gasteiger partial charge >= 0.3 is 0 Å². The van der Waals surface area contributed by atoms with Crippen LogP contribution < -0.4 is 0 Å². The van der Waals surface area contributed by atoms with Gasteiger partial charge in [-0.2, -0.15) is 16.8 Å². The molecule has 19 heavy (non-hydrogen) atoms. The van der Waals surface area contributed by atoms with Crippen LogP contribution in [-0.2, 0) is 25.0 Å². The SMILES string of the molecule is CC(C)(CCCC(C)(CC=O)S(=O)(=O)O)S(=O)(=O)O. The summed E-state index contributed by atoms with van der Waals surface area (Å²) in [6.45, 7) is 3.84. The summed E-state index contributed by atoms with van der Waals surface area (Å²) >= 11 is 0. The first-order valence-corrected chi connectivity index (χ1v) is 8.52. The number of hydrogen-bond acceptors (Lipinski definition) is 5. The third kappa shape index (κ3) is 4.83. The average molecular weight is 316 g/mol. The molecule has 2 N–H and O–H groups in total. The van der Waals surface area contributed by atoms with E-state index in [2.05, 4.69) is 0 Å². The largest absolute Gasteiger partial charge is 0.303 e. The van der Waals surface area contributed by atoms with Crippen LogP contribution in [-0.4, -0.2) is 41.7 Å². The van der Waals surface area contributed by atoms with Crippen LogP contribution in [0, 0.1) is 0 Å². The summed E-state index contributed by atoms with van der Waals surface area (Å²) in [4.78, 5) is 10.5. The van der Waals surface area contributed by atoms with Crippen molar-refractivity contribution in [2.24, 2.45) is 0 Å². The fourth-order valence-corrected chi connectivity index (χ4v) is 2.61. The summed E-state index contributed by atoms with van der Waals surface area (Å²) in [5.74, 6) is 0. The molecule has 0 aliphatic rings. The molecule has 9 heteroatoms. The van der Waals surface area contributed by atoms with Gasteiger partial charge in [0.1, 0.15) is 11.0 Å². The van der Waals surface area contributed by atoms with Crippen molar-refractivity contribution >= 4 is 26.5 Å². The van der Waals surface area contributed by atoms with E-state index in [0.29, 0.717) is 6.29 Å². The maximum atomic E-state index is 11.2. The fraction of sp³-hybridized carbons (Fsp3) is 0.900. The van der Waals surface area contributed by atoms with Crippen LogP contribution in [0.4, 0.5) is 0 Å². The number of carbonyl (C=O) groups excluding carboxylic acids is 1. The Hall–Kier alpha value is -0.510. The Bertz CT molecular complexity index is 518. The van der Waals surface area contributed by atoms with Gasteiger partial charge in [0, 0.05) is 6.42 Å². The Labute approximate surface area is 113 Å². The molecule has 0 aliphatic carbocycles. The zero-order chi connectivity index (χ0) is 15.5. The van der Waals surface area contributed by atoms with E-state index in [1.54, 1.807) is 0 Å². The van der Waals surface area contributed by atoms with Gasteiger partial charge in [-0.1, -0.05) is 6.42 Å². The van der Waals surface area contributed by atoms with Gasteiger partial charge in [0.25, 0.3) is 20.2 Å². The van der Waals surface area contributed by atoms with E-state index in [1.165, 1.54) is 20.8 Å². The fourth-order valence-electron chi connectivity index (χ4n) is 1.53. The lowest BCUT2D eigenvalue weighted by Gasteiger charge is -2.26. The van der Waals surface area contributed by atoms with Crippen LogP contribution in [0.1, 0.15) is 46.5 Å². The predicted molar refractivity (Wildman–Crippen MR) is 70.1 cm³/mol. The van der Waals surface area contributed by atoms with Gasteiger partial charge in [-0.25, -0.2) is 0 Å². The third-order valence-electron chi connectivity index (χ3n) is 3.32. The molecule has 0 heterocycles. The Morgan fingerprint density at radius 1 is 0.947 bits per heavy atom. The average Bonchev–Trinajstić information content (AvgIpc) is 2.13. The summed E-state index contributed by atoms with van der Waals surface area (Å²) in [6, 6.07) is 0. The highest BCUT2D eigenvalue weighted by atomic mass is 32.2. The lowest BCUT2D eigenvalue weighted by atomic mass is 9.96. The number of aldehydes is 1. The van der Waals surface area contributed by atoms with E-state index in [1.807, 2.05) is 0 Å². The van der Waals surface area contributed by atoms with Crippen molar-refractivity contribution in [3.05, 3.63) is 0 Å². The van der Waals surface area contributed by atoms with Gasteiger partial charge in [-0.15, -0.1) is 0 Å². The molecule has 0 saturated heterocycles. The molecule has 0 aromatic rings. The van der Waals surface area contributed by atoms with Crippen LogP contribution in [0.5, 0.6) is 0 Å². The highest BCUT2D eigenvalue weighted by Crippen LogP contribution is 2.30. The summed E-state index contributed by atoms with van der Waals surface area (Å²) in [7, 11) is -8.67. The second-order valence-corrected chi connectivity index (χ2v) is 9.38. The molecule has 0 fully saturated rings. The molecule has 114 valence electrons. The van der Waals surface area contributed by atoms with Crippen LogP contribution in [0.25, 0.3) is 0 Å². The van der Waals surface area contributed by atoms with Gasteiger partial charge in [-0.3, -0.25) is 9.11 Å². The van der Waals surface area contributed by atoms with E-state index < -0.39 is 29.7 Å². The topological polar surface area (TPSA) is 126 Å². The highest BCUT2D eigenvalue weighted by molar-refractivity contribution is 7.87. The molecule has 0 aromatic heterocycles. The molecular weight excluding hydrogens is 296 g/mol. The molecule has 1 unspecified atom stereocenters. The standard InChI is InChI=1S/C10H20O7S2/c1-9(2,18(12,13)14)5-4-6-10(3,7-8-11)19(15,16)17/h8H,4-7H2,1-3H3,(H,12,13,14)(H,15,16,17). The van der Waals surface area contributed by atoms with Crippen molar-refractivity contribution < 1.29 is 30.7 Å². The van der Waals surface area contributed by atoms with Crippen molar-refractivity contribution in [3.8, 4) is 0 Å². The van der Waals surface area contributed by atoms with E-state index >= 15 is 0 Å². The van der Waals surface area contributed by atoms with E-state index in [0.717, 1.165) is 0 Å². The summed E-state index contributed by atoms with van der Waals surface area (Å²) in [5.41, 5.74) is 0. The van der Waals surface area contributed by atoms with Crippen LogP contribution >= 0.6 is 0 Å². The Morgan fingerprint density at radius 3 is 1.74 bits per heavy atom. The lowest BCUT2D eigenvalue weighted by Crippen LogP contribution is -2.37.